The Bertz CT molecular complexity index is 548. The largest absolute Gasteiger partial charge is 0.484 e. The Morgan fingerprint density at radius 2 is 2.30 bits per heavy atom. The molecule has 2 aliphatic heterocycles. The van der Waals surface area contributed by atoms with Gasteiger partial charge in [-0.2, -0.15) is 0 Å². The number of rotatable bonds is 2. The number of ether oxygens (including phenoxy) is 1. The summed E-state index contributed by atoms with van der Waals surface area (Å²) < 4.78 is 6.20. The van der Waals surface area contributed by atoms with Crippen molar-refractivity contribution in [2.75, 3.05) is 13.1 Å². The van der Waals surface area contributed by atoms with Crippen molar-refractivity contribution in [2.24, 2.45) is 0 Å². The molecule has 20 heavy (non-hydrogen) atoms. The third-order valence-electron chi connectivity index (χ3n) is 4.47. The molecule has 2 aliphatic rings. The van der Waals surface area contributed by atoms with Gasteiger partial charge in [0, 0.05) is 19.5 Å². The Kier molecular flexibility index (Phi) is 3.38. The van der Waals surface area contributed by atoms with Gasteiger partial charge in [-0.15, -0.1) is 0 Å². The van der Waals surface area contributed by atoms with Gasteiger partial charge >= 0.3 is 5.97 Å². The van der Waals surface area contributed by atoms with Crippen molar-refractivity contribution in [3.05, 3.63) is 28.8 Å². The minimum atomic E-state index is -0.781. The molecule has 2 unspecified atom stereocenters. The molecule has 0 amide bonds. The van der Waals surface area contributed by atoms with Crippen molar-refractivity contribution in [1.29, 1.82) is 0 Å². The van der Waals surface area contributed by atoms with E-state index in [2.05, 4.69) is 0 Å². The molecule has 0 radical (unpaired) electrons. The summed E-state index contributed by atoms with van der Waals surface area (Å²) in [6, 6.07) is 5.36. The maximum absolute atomic E-state index is 11.1. The molecule has 5 heteroatoms. The van der Waals surface area contributed by atoms with Gasteiger partial charge in [-0.3, -0.25) is 9.69 Å². The highest BCUT2D eigenvalue weighted by molar-refractivity contribution is 6.32. The van der Waals surface area contributed by atoms with Gasteiger partial charge in [0.1, 0.15) is 17.4 Å². The fourth-order valence-corrected chi connectivity index (χ4v) is 3.38. The normalized spacial score (nSPS) is 27.1. The summed E-state index contributed by atoms with van der Waals surface area (Å²) >= 11 is 6.22. The molecule has 4 nitrogen and oxygen atoms in total. The lowest BCUT2D eigenvalue weighted by atomic mass is 9.90. The van der Waals surface area contributed by atoms with Crippen LogP contribution in [-0.2, 0) is 11.2 Å². The molecule has 2 atom stereocenters. The summed E-state index contributed by atoms with van der Waals surface area (Å²) in [5.41, 5.74) is 0.870. The van der Waals surface area contributed by atoms with Crippen molar-refractivity contribution in [2.45, 2.75) is 37.8 Å². The molecule has 0 bridgehead atoms. The lowest BCUT2D eigenvalue weighted by Gasteiger charge is -2.36. The second-order valence-electron chi connectivity index (χ2n) is 5.75. The number of carboxylic acid groups (broad SMARTS) is 1. The van der Waals surface area contributed by atoms with Gasteiger partial charge in [-0.05, 0) is 31.4 Å². The molecule has 0 saturated carbocycles. The Labute approximate surface area is 123 Å². The number of hydrogen-bond acceptors (Lipinski definition) is 3. The summed E-state index contributed by atoms with van der Waals surface area (Å²) in [6.45, 7) is 3.14. The number of nitrogens with zero attached hydrogens (tertiary/aromatic N) is 1. The molecule has 1 N–H and O–H groups in total. The highest BCUT2D eigenvalue weighted by Crippen LogP contribution is 2.42. The summed E-state index contributed by atoms with van der Waals surface area (Å²) in [5.74, 6) is 0.00142. The van der Waals surface area contributed by atoms with Crippen LogP contribution in [0, 0.1) is 0 Å². The zero-order chi connectivity index (χ0) is 14.3. The first-order chi connectivity index (χ1) is 9.51. The summed E-state index contributed by atoms with van der Waals surface area (Å²) in [5, 5.41) is 9.77. The van der Waals surface area contributed by atoms with E-state index in [0.717, 1.165) is 37.1 Å². The highest BCUT2D eigenvalue weighted by Gasteiger charge is 2.45. The van der Waals surface area contributed by atoms with Crippen LogP contribution in [-0.4, -0.2) is 40.7 Å². The van der Waals surface area contributed by atoms with E-state index in [-0.39, 0.29) is 5.60 Å². The van der Waals surface area contributed by atoms with Crippen molar-refractivity contribution >= 4 is 17.6 Å². The minimum Gasteiger partial charge on any atom is -0.484 e. The molecular weight excluding hydrogens is 278 g/mol. The number of hydrogen-bond donors (Lipinski definition) is 1. The minimum absolute atomic E-state index is 0.276. The second kappa shape index (κ2) is 4.93. The van der Waals surface area contributed by atoms with Gasteiger partial charge in [0.05, 0.1) is 5.02 Å². The van der Waals surface area contributed by atoms with Crippen molar-refractivity contribution < 1.29 is 14.6 Å². The van der Waals surface area contributed by atoms with Crippen LogP contribution in [0.3, 0.4) is 0 Å². The average molecular weight is 296 g/mol. The lowest BCUT2D eigenvalue weighted by Crippen LogP contribution is -2.45. The van der Waals surface area contributed by atoms with Crippen LogP contribution in [0.25, 0.3) is 0 Å². The molecule has 3 rings (SSSR count). The summed E-state index contributed by atoms with van der Waals surface area (Å²) in [7, 11) is 0. The van der Waals surface area contributed by atoms with E-state index in [1.807, 2.05) is 23.1 Å². The summed E-state index contributed by atoms with van der Waals surface area (Å²) in [4.78, 5) is 13.1. The number of likely N-dealkylation sites (tertiary alicyclic amines) is 1. The van der Waals surface area contributed by atoms with Crippen LogP contribution < -0.4 is 4.74 Å². The first-order valence-electron chi connectivity index (χ1n) is 6.94. The smallest absolute Gasteiger partial charge is 0.320 e. The van der Waals surface area contributed by atoms with E-state index >= 15 is 0 Å². The fourth-order valence-electron chi connectivity index (χ4n) is 3.14. The monoisotopic (exact) mass is 295 g/mol. The highest BCUT2D eigenvalue weighted by atomic mass is 35.5. The average Bonchev–Trinajstić information content (AvgIpc) is 2.83. The van der Waals surface area contributed by atoms with Crippen LogP contribution in [0.1, 0.15) is 25.3 Å². The van der Waals surface area contributed by atoms with Crippen LogP contribution in [0.2, 0.25) is 5.02 Å². The maximum atomic E-state index is 11.1. The number of benzene rings is 1. The molecule has 108 valence electrons. The third-order valence-corrected chi connectivity index (χ3v) is 4.77. The predicted octanol–water partition coefficient (Wildman–Crippen LogP) is 2.58. The fraction of sp³-hybridized carbons (Fsp3) is 0.533. The first kappa shape index (κ1) is 13.7. The number of para-hydroxylation sites is 1. The van der Waals surface area contributed by atoms with Crippen LogP contribution in [0.5, 0.6) is 5.75 Å². The zero-order valence-corrected chi connectivity index (χ0v) is 12.2. The lowest BCUT2D eigenvalue weighted by molar-refractivity contribution is -0.142. The van der Waals surface area contributed by atoms with Crippen molar-refractivity contribution in [3.63, 3.8) is 0 Å². The van der Waals surface area contributed by atoms with Gasteiger partial charge < -0.3 is 9.84 Å². The molecule has 0 aliphatic carbocycles. The van der Waals surface area contributed by atoms with Crippen molar-refractivity contribution in [3.8, 4) is 5.75 Å². The molecule has 1 saturated heterocycles. The number of fused-ring (bicyclic) bond motifs is 1. The SMILES string of the molecule is CC(C(=O)O)N1CCC2(CCc3cccc(Cl)c3O2)C1. The first-order valence-corrected chi connectivity index (χ1v) is 7.32. The Balaban J connectivity index is 1.80. The van der Waals surface area contributed by atoms with Gasteiger partial charge in [0.25, 0.3) is 0 Å². The molecule has 1 aromatic carbocycles. The Morgan fingerprint density at radius 1 is 1.50 bits per heavy atom. The van der Waals surface area contributed by atoms with Crippen molar-refractivity contribution in [1.82, 2.24) is 4.90 Å². The molecule has 0 aromatic heterocycles. The number of aryl methyl sites for hydroxylation is 1. The number of halogens is 1. The predicted molar refractivity (Wildman–Crippen MR) is 76.4 cm³/mol. The van der Waals surface area contributed by atoms with Crippen LogP contribution >= 0.6 is 11.6 Å². The second-order valence-corrected chi connectivity index (χ2v) is 6.16. The standard InChI is InChI=1S/C15H18ClNO3/c1-10(14(18)19)17-8-7-15(9-17)6-5-11-3-2-4-12(16)13(11)20-15/h2-4,10H,5-9H2,1H3,(H,18,19). The quantitative estimate of drug-likeness (QED) is 0.911. The van der Waals surface area contributed by atoms with Crippen LogP contribution in [0.15, 0.2) is 18.2 Å². The van der Waals surface area contributed by atoms with E-state index in [1.54, 1.807) is 6.92 Å². The van der Waals surface area contributed by atoms with E-state index in [1.165, 1.54) is 0 Å². The zero-order valence-electron chi connectivity index (χ0n) is 11.4. The van der Waals surface area contributed by atoms with Gasteiger partial charge in [0.2, 0.25) is 0 Å². The topological polar surface area (TPSA) is 49.8 Å². The number of carboxylic acids is 1. The van der Waals surface area contributed by atoms with Gasteiger partial charge in [0.15, 0.2) is 0 Å². The van der Waals surface area contributed by atoms with E-state index in [4.69, 9.17) is 21.4 Å². The van der Waals surface area contributed by atoms with E-state index < -0.39 is 12.0 Å². The molecule has 1 aromatic rings. The van der Waals surface area contributed by atoms with E-state index in [9.17, 15) is 4.79 Å². The summed E-state index contributed by atoms with van der Waals surface area (Å²) in [6.07, 6.45) is 2.71. The van der Waals surface area contributed by atoms with Crippen LogP contribution in [0.4, 0.5) is 0 Å². The Morgan fingerprint density at radius 3 is 3.05 bits per heavy atom. The van der Waals surface area contributed by atoms with E-state index in [0.29, 0.717) is 11.6 Å². The molecular formula is C15H18ClNO3. The third kappa shape index (κ3) is 2.27. The maximum Gasteiger partial charge on any atom is 0.320 e. The molecule has 1 fully saturated rings. The number of aliphatic carboxylic acids is 1. The van der Waals surface area contributed by atoms with Gasteiger partial charge in [-0.25, -0.2) is 0 Å². The van der Waals surface area contributed by atoms with Gasteiger partial charge in [-0.1, -0.05) is 23.7 Å². The number of carbonyl (C=O) groups is 1. The molecule has 1 spiro atoms. The molecule has 2 heterocycles. The Hall–Kier alpha value is -1.26.